The van der Waals surface area contributed by atoms with Gasteiger partial charge in [0.2, 0.25) is 5.79 Å². The van der Waals surface area contributed by atoms with Gasteiger partial charge in [-0.1, -0.05) is 71.1 Å². The number of Topliss-reactive ketones (excluding diaryl/α,β-unsaturated/α-hetero) is 2. The number of amides is 1. The van der Waals surface area contributed by atoms with E-state index in [9.17, 15) is 29.1 Å². The van der Waals surface area contributed by atoms with Crippen LogP contribution in [0.2, 0.25) is 0 Å². The summed E-state index contributed by atoms with van der Waals surface area (Å²) in [5.41, 5.74) is 2.34. The third kappa shape index (κ3) is 29.6. The smallest absolute Gasteiger partial charge is 0.328 e. The fraction of sp³-hybridized carbons (Fsp3) is 0.786. The maximum absolute atomic E-state index is 12.7. The highest BCUT2D eigenvalue weighted by atomic mass is 16.6. The zero-order valence-electron chi connectivity index (χ0n) is 36.3. The summed E-state index contributed by atoms with van der Waals surface area (Å²) >= 11 is 0. The summed E-state index contributed by atoms with van der Waals surface area (Å²) in [6.45, 7) is 17.9. The van der Waals surface area contributed by atoms with Gasteiger partial charge in [-0.15, -0.1) is 0 Å². The monoisotopic (exact) mass is 774 g/mol. The number of esters is 1. The van der Waals surface area contributed by atoms with Crippen molar-refractivity contribution in [2.75, 3.05) is 48.2 Å². The Hall–Kier alpha value is -2.77. The van der Waals surface area contributed by atoms with Crippen molar-refractivity contribution in [1.29, 1.82) is 0 Å². The SMILES string of the molecule is CC.CC(=O)CC=C(C)C.CC/C(C)=C/C=O.CCCOC(=O)C1CCCCN1C(=O)C(=O)C1(O)OCCCC1C.COC.COC.OC1CCCCC1. The lowest BCUT2D eigenvalue weighted by Gasteiger charge is -2.39. The number of likely N-dealkylation sites (tertiary alicyclic amines) is 1. The Balaban J connectivity index is -0.000000340. The molecule has 3 atom stereocenters. The van der Waals surface area contributed by atoms with Gasteiger partial charge in [-0.25, -0.2) is 4.79 Å². The Morgan fingerprint density at radius 2 is 1.39 bits per heavy atom. The van der Waals surface area contributed by atoms with Gasteiger partial charge in [-0.05, 0) is 91.6 Å². The fourth-order valence-electron chi connectivity index (χ4n) is 4.91. The first-order valence-electron chi connectivity index (χ1n) is 19.7. The number of carbonyl (C=O) groups excluding carboxylic acids is 5. The van der Waals surface area contributed by atoms with Gasteiger partial charge in [0.05, 0.1) is 19.3 Å². The first-order chi connectivity index (χ1) is 25.6. The first kappa shape index (κ1) is 57.9. The lowest BCUT2D eigenvalue weighted by Crippen LogP contribution is -2.59. The largest absolute Gasteiger partial charge is 0.464 e. The van der Waals surface area contributed by atoms with Crippen LogP contribution in [0.4, 0.5) is 0 Å². The number of piperidine rings is 1. The zero-order chi connectivity index (χ0) is 42.5. The van der Waals surface area contributed by atoms with E-state index in [1.54, 1.807) is 48.4 Å². The normalized spacial score (nSPS) is 20.4. The van der Waals surface area contributed by atoms with Gasteiger partial charge in [0, 0.05) is 47.3 Å². The van der Waals surface area contributed by atoms with Crippen molar-refractivity contribution < 1.29 is 53.1 Å². The number of hydrogen-bond donors (Lipinski definition) is 2. The predicted molar refractivity (Wildman–Crippen MR) is 216 cm³/mol. The number of aliphatic hydroxyl groups excluding tert-OH is 1. The molecule has 0 aromatic rings. The molecule has 2 heterocycles. The van der Waals surface area contributed by atoms with Gasteiger partial charge in [0.1, 0.15) is 18.1 Å². The minimum Gasteiger partial charge on any atom is -0.464 e. The van der Waals surface area contributed by atoms with Crippen molar-refractivity contribution in [3.8, 4) is 0 Å². The van der Waals surface area contributed by atoms with Crippen LogP contribution in [0.3, 0.4) is 0 Å². The lowest BCUT2D eigenvalue weighted by atomic mass is 9.88. The molecule has 0 bridgehead atoms. The zero-order valence-corrected chi connectivity index (χ0v) is 36.3. The van der Waals surface area contributed by atoms with Crippen molar-refractivity contribution in [3.05, 3.63) is 23.3 Å². The number of ketones is 2. The molecule has 0 aromatic heterocycles. The Kier molecular flexibility index (Phi) is 41.3. The molecule has 12 heteroatoms. The van der Waals surface area contributed by atoms with Crippen LogP contribution in [-0.2, 0) is 42.9 Å². The summed E-state index contributed by atoms with van der Waals surface area (Å²) in [6.07, 6.45) is 15.8. The van der Waals surface area contributed by atoms with E-state index in [2.05, 4.69) is 9.47 Å². The summed E-state index contributed by atoms with van der Waals surface area (Å²) in [4.78, 5) is 58.7. The van der Waals surface area contributed by atoms with Crippen molar-refractivity contribution in [3.63, 3.8) is 0 Å². The second-order valence-corrected chi connectivity index (χ2v) is 13.4. The van der Waals surface area contributed by atoms with Gasteiger partial charge in [-0.3, -0.25) is 19.2 Å². The van der Waals surface area contributed by atoms with E-state index in [1.807, 2.05) is 54.5 Å². The lowest BCUT2D eigenvalue weighted by molar-refractivity contribution is -0.240. The molecule has 0 spiro atoms. The summed E-state index contributed by atoms with van der Waals surface area (Å²) in [6, 6.07) is -0.760. The Bertz CT molecular complexity index is 1030. The summed E-state index contributed by atoms with van der Waals surface area (Å²) < 4.78 is 18.9. The van der Waals surface area contributed by atoms with Gasteiger partial charge in [0.15, 0.2) is 0 Å². The number of rotatable bonds is 9. The van der Waals surface area contributed by atoms with Crippen LogP contribution in [0.15, 0.2) is 23.3 Å². The van der Waals surface area contributed by atoms with Crippen molar-refractivity contribution in [2.24, 2.45) is 5.92 Å². The Morgan fingerprint density at radius 3 is 1.76 bits per heavy atom. The number of nitrogens with zero attached hydrogens (tertiary/aromatic N) is 1. The van der Waals surface area contributed by atoms with Crippen LogP contribution in [0.25, 0.3) is 0 Å². The molecule has 0 aromatic carbocycles. The molecular weight excluding hydrogens is 694 g/mol. The molecule has 2 aliphatic heterocycles. The molecule has 1 amide bonds. The molecule has 54 heavy (non-hydrogen) atoms. The summed E-state index contributed by atoms with van der Waals surface area (Å²) in [7, 11) is 6.50. The number of aliphatic hydroxyl groups is 2. The van der Waals surface area contributed by atoms with Crippen molar-refractivity contribution in [2.45, 2.75) is 164 Å². The van der Waals surface area contributed by atoms with Crippen LogP contribution in [0, 0.1) is 5.92 Å². The first-order valence-corrected chi connectivity index (χ1v) is 19.7. The third-order valence-corrected chi connectivity index (χ3v) is 8.06. The van der Waals surface area contributed by atoms with Crippen LogP contribution < -0.4 is 0 Å². The topological polar surface area (TPSA) is 166 Å². The van der Waals surface area contributed by atoms with E-state index < -0.39 is 35.4 Å². The molecule has 1 aliphatic carbocycles. The van der Waals surface area contributed by atoms with Crippen LogP contribution in [0.5, 0.6) is 0 Å². The fourth-order valence-corrected chi connectivity index (χ4v) is 4.91. The summed E-state index contributed by atoms with van der Waals surface area (Å²) in [5, 5.41) is 19.4. The highest BCUT2D eigenvalue weighted by molar-refractivity contribution is 6.39. The second kappa shape index (κ2) is 38.5. The molecule has 318 valence electrons. The minimum absolute atomic E-state index is 0.0359. The van der Waals surface area contributed by atoms with E-state index >= 15 is 0 Å². The third-order valence-electron chi connectivity index (χ3n) is 8.06. The maximum atomic E-state index is 12.7. The van der Waals surface area contributed by atoms with Gasteiger partial charge in [-0.2, -0.15) is 0 Å². The second-order valence-electron chi connectivity index (χ2n) is 13.4. The van der Waals surface area contributed by atoms with E-state index in [4.69, 9.17) is 14.6 Å². The molecule has 2 N–H and O–H groups in total. The number of allylic oxidation sites excluding steroid dienone is 4. The van der Waals surface area contributed by atoms with Crippen molar-refractivity contribution >= 4 is 29.7 Å². The molecule has 3 aliphatic rings. The molecule has 3 fully saturated rings. The standard InChI is InChI=1S/C17H27NO6.C7H12O.C6H12O.C6H10O.2C2H6O.C2H6/c1-3-10-23-16(21)13-8-4-5-9-18(13)15(20)14(19)17(22)12(2)7-6-11-24-17;1-6(2)4-5-7(3)8;7-6-4-2-1-3-5-6;1-3-6(2)4-5-7;2*1-3-2;1-2/h12-13,22H,3-11H2,1-2H3;4H,5H2,1-3H3;6-7H,1-5H2;4-5H,3H2,1-2H3;2*1-2H3;1-2H3/b;;;6-4+;;;. The van der Waals surface area contributed by atoms with Crippen LogP contribution >= 0.6 is 0 Å². The van der Waals surface area contributed by atoms with E-state index in [0.717, 1.165) is 44.0 Å². The number of ether oxygens (including phenoxy) is 4. The van der Waals surface area contributed by atoms with Crippen LogP contribution in [0.1, 0.15) is 146 Å². The van der Waals surface area contributed by atoms with E-state index in [-0.39, 0.29) is 25.1 Å². The number of aldehydes is 1. The van der Waals surface area contributed by atoms with E-state index in [1.165, 1.54) is 29.7 Å². The van der Waals surface area contributed by atoms with Crippen LogP contribution in [-0.4, -0.2) is 111 Å². The van der Waals surface area contributed by atoms with Crippen molar-refractivity contribution in [1.82, 2.24) is 4.90 Å². The van der Waals surface area contributed by atoms with Gasteiger partial charge >= 0.3 is 5.97 Å². The Labute approximate surface area is 328 Å². The molecule has 12 nitrogen and oxygen atoms in total. The van der Waals surface area contributed by atoms with Gasteiger partial charge < -0.3 is 34.1 Å². The van der Waals surface area contributed by atoms with Gasteiger partial charge in [0.25, 0.3) is 11.7 Å². The predicted octanol–water partition coefficient (Wildman–Crippen LogP) is 7.36. The highest BCUT2D eigenvalue weighted by Crippen LogP contribution is 2.31. The summed E-state index contributed by atoms with van der Waals surface area (Å²) in [5.74, 6) is -4.65. The molecule has 0 radical (unpaired) electrons. The maximum Gasteiger partial charge on any atom is 0.328 e. The number of carbonyl (C=O) groups is 5. The average molecular weight is 774 g/mol. The minimum atomic E-state index is -2.09. The molecule has 2 saturated heterocycles. The quantitative estimate of drug-likeness (QED) is 0.0790. The number of methoxy groups -OCH3 is 2. The number of hydrogen-bond acceptors (Lipinski definition) is 11. The molecule has 3 rings (SSSR count). The highest BCUT2D eigenvalue weighted by Gasteiger charge is 2.50. The molecular formula is C42H79NO11. The average Bonchev–Trinajstić information content (AvgIpc) is 3.16. The molecule has 3 unspecified atom stereocenters. The Morgan fingerprint density at radius 1 is 0.852 bits per heavy atom. The van der Waals surface area contributed by atoms with E-state index in [0.29, 0.717) is 38.6 Å². The molecule has 1 saturated carbocycles.